The van der Waals surface area contributed by atoms with Crippen LogP contribution in [0.25, 0.3) is 11.1 Å². The Balaban J connectivity index is 1.20. The van der Waals surface area contributed by atoms with Crippen molar-refractivity contribution < 1.29 is 9.47 Å². The maximum Gasteiger partial charge on any atom is 0.160 e. The van der Waals surface area contributed by atoms with Crippen LogP contribution in [0.15, 0.2) is 60.7 Å². The van der Waals surface area contributed by atoms with E-state index in [0.29, 0.717) is 11.8 Å². The van der Waals surface area contributed by atoms with Crippen LogP contribution < -0.4 is 0 Å². The van der Waals surface area contributed by atoms with Crippen LogP contribution >= 0.6 is 11.6 Å². The number of aryl methyl sites for hydroxylation is 1. The SMILES string of the molecule is C/C=C/C1COC(C2CCC(CCc3ccc(-c4ccc(Cl)cc4)cc3)CC2)OC1. The summed E-state index contributed by atoms with van der Waals surface area (Å²) in [6, 6.07) is 17.1. The van der Waals surface area contributed by atoms with Crippen molar-refractivity contribution in [3.05, 3.63) is 71.3 Å². The van der Waals surface area contributed by atoms with E-state index in [0.717, 1.165) is 30.6 Å². The van der Waals surface area contributed by atoms with Crippen LogP contribution in [0.1, 0.15) is 44.6 Å². The molecule has 160 valence electrons. The highest BCUT2D eigenvalue weighted by atomic mass is 35.5. The molecular weight excluding hydrogens is 392 g/mol. The topological polar surface area (TPSA) is 18.5 Å². The van der Waals surface area contributed by atoms with E-state index in [4.69, 9.17) is 21.1 Å². The highest BCUT2D eigenvalue weighted by Crippen LogP contribution is 2.36. The summed E-state index contributed by atoms with van der Waals surface area (Å²) in [7, 11) is 0. The number of hydrogen-bond acceptors (Lipinski definition) is 2. The van der Waals surface area contributed by atoms with Crippen molar-refractivity contribution in [3.8, 4) is 11.1 Å². The summed E-state index contributed by atoms with van der Waals surface area (Å²) in [4.78, 5) is 0. The number of halogens is 1. The highest BCUT2D eigenvalue weighted by Gasteiger charge is 2.31. The average Bonchev–Trinajstić information content (AvgIpc) is 2.80. The minimum atomic E-state index is 0.0212. The molecule has 2 fully saturated rings. The van der Waals surface area contributed by atoms with Crippen molar-refractivity contribution in [2.24, 2.45) is 17.8 Å². The van der Waals surface area contributed by atoms with Gasteiger partial charge in [-0.3, -0.25) is 0 Å². The van der Waals surface area contributed by atoms with Gasteiger partial charge in [-0.1, -0.05) is 60.2 Å². The van der Waals surface area contributed by atoms with E-state index in [2.05, 4.69) is 55.5 Å². The van der Waals surface area contributed by atoms with Crippen LogP contribution in [0.5, 0.6) is 0 Å². The molecule has 1 aliphatic carbocycles. The fourth-order valence-corrected chi connectivity index (χ4v) is 4.94. The average molecular weight is 425 g/mol. The predicted molar refractivity (Wildman–Crippen MR) is 125 cm³/mol. The van der Waals surface area contributed by atoms with Gasteiger partial charge in [0.05, 0.1) is 13.2 Å². The molecule has 0 spiro atoms. The second kappa shape index (κ2) is 10.6. The van der Waals surface area contributed by atoms with Crippen LogP contribution in [-0.2, 0) is 15.9 Å². The van der Waals surface area contributed by atoms with Crippen molar-refractivity contribution in [2.45, 2.75) is 51.7 Å². The van der Waals surface area contributed by atoms with Crippen molar-refractivity contribution in [1.82, 2.24) is 0 Å². The standard InChI is InChI=1S/C27H33ClO2/c1-2-3-22-18-29-27(30-19-22)25-12-8-21(9-13-25)5-4-20-6-10-23(11-7-20)24-14-16-26(28)17-15-24/h2-3,6-7,10-11,14-17,21-22,25,27H,4-5,8-9,12-13,18-19H2,1H3/b3-2+. The molecule has 2 aromatic carbocycles. The number of benzene rings is 2. The summed E-state index contributed by atoms with van der Waals surface area (Å²) in [5.74, 6) is 1.83. The Labute approximate surface area is 186 Å². The van der Waals surface area contributed by atoms with Crippen LogP contribution in [-0.4, -0.2) is 19.5 Å². The molecule has 1 aliphatic heterocycles. The zero-order valence-electron chi connectivity index (χ0n) is 17.9. The molecule has 0 bridgehead atoms. The van der Waals surface area contributed by atoms with Gasteiger partial charge in [0, 0.05) is 16.9 Å². The first-order valence-corrected chi connectivity index (χ1v) is 11.8. The molecule has 0 amide bonds. The fourth-order valence-electron chi connectivity index (χ4n) is 4.81. The Hall–Kier alpha value is -1.61. The van der Waals surface area contributed by atoms with Gasteiger partial charge in [0.1, 0.15) is 0 Å². The highest BCUT2D eigenvalue weighted by molar-refractivity contribution is 6.30. The zero-order chi connectivity index (χ0) is 20.8. The summed E-state index contributed by atoms with van der Waals surface area (Å²) in [6.45, 7) is 3.67. The molecule has 0 unspecified atom stereocenters. The second-order valence-electron chi connectivity index (χ2n) is 8.84. The van der Waals surface area contributed by atoms with Crippen molar-refractivity contribution >= 4 is 11.6 Å². The molecule has 1 heterocycles. The van der Waals surface area contributed by atoms with Gasteiger partial charge in [0.15, 0.2) is 6.29 Å². The summed E-state index contributed by atoms with van der Waals surface area (Å²) in [5, 5.41) is 0.782. The van der Waals surface area contributed by atoms with Crippen LogP contribution in [0.3, 0.4) is 0 Å². The Morgan fingerprint density at radius 1 is 0.867 bits per heavy atom. The zero-order valence-corrected chi connectivity index (χ0v) is 18.7. The minimum absolute atomic E-state index is 0.0212. The van der Waals surface area contributed by atoms with Crippen LogP contribution in [0.2, 0.25) is 5.02 Å². The monoisotopic (exact) mass is 424 g/mol. The van der Waals surface area contributed by atoms with Gasteiger partial charge in [-0.2, -0.15) is 0 Å². The lowest BCUT2D eigenvalue weighted by atomic mass is 9.79. The largest absolute Gasteiger partial charge is 0.352 e. The molecule has 3 heteroatoms. The van der Waals surface area contributed by atoms with Gasteiger partial charge in [-0.05, 0) is 80.2 Å². The first-order chi connectivity index (χ1) is 14.7. The quantitative estimate of drug-likeness (QED) is 0.452. The predicted octanol–water partition coefficient (Wildman–Crippen LogP) is 7.31. The van der Waals surface area contributed by atoms with Gasteiger partial charge in [-0.15, -0.1) is 0 Å². The second-order valence-corrected chi connectivity index (χ2v) is 9.28. The van der Waals surface area contributed by atoms with E-state index in [1.165, 1.54) is 48.8 Å². The van der Waals surface area contributed by atoms with Gasteiger partial charge < -0.3 is 9.47 Å². The molecule has 1 saturated carbocycles. The molecule has 0 aromatic heterocycles. The molecule has 2 aliphatic rings. The van der Waals surface area contributed by atoms with Gasteiger partial charge in [-0.25, -0.2) is 0 Å². The molecular formula is C27H33ClO2. The van der Waals surface area contributed by atoms with E-state index in [-0.39, 0.29) is 6.29 Å². The molecule has 2 nitrogen and oxygen atoms in total. The fraction of sp³-hybridized carbons (Fsp3) is 0.481. The lowest BCUT2D eigenvalue weighted by Gasteiger charge is -2.37. The van der Waals surface area contributed by atoms with Gasteiger partial charge in [0.25, 0.3) is 0 Å². The third-order valence-electron chi connectivity index (χ3n) is 6.66. The molecule has 0 atom stereocenters. The first kappa shape index (κ1) is 21.6. The number of allylic oxidation sites excluding steroid dienone is 1. The third-order valence-corrected chi connectivity index (χ3v) is 6.91. The summed E-state index contributed by atoms with van der Waals surface area (Å²) >= 11 is 5.99. The minimum Gasteiger partial charge on any atom is -0.352 e. The van der Waals surface area contributed by atoms with E-state index >= 15 is 0 Å². The van der Waals surface area contributed by atoms with Crippen LogP contribution in [0, 0.1) is 17.8 Å². The van der Waals surface area contributed by atoms with E-state index in [1.807, 2.05) is 12.1 Å². The Kier molecular flexibility index (Phi) is 7.65. The van der Waals surface area contributed by atoms with Gasteiger partial charge >= 0.3 is 0 Å². The van der Waals surface area contributed by atoms with Gasteiger partial charge in [0.2, 0.25) is 0 Å². The smallest absolute Gasteiger partial charge is 0.160 e. The summed E-state index contributed by atoms with van der Waals surface area (Å²) in [6.07, 6.45) is 11.8. The van der Waals surface area contributed by atoms with Crippen molar-refractivity contribution in [1.29, 1.82) is 0 Å². The molecule has 0 N–H and O–H groups in total. The molecule has 30 heavy (non-hydrogen) atoms. The Morgan fingerprint density at radius 3 is 2.07 bits per heavy atom. The van der Waals surface area contributed by atoms with E-state index < -0.39 is 0 Å². The third kappa shape index (κ3) is 5.75. The lowest BCUT2D eigenvalue weighted by molar-refractivity contribution is -0.223. The molecule has 2 aromatic rings. The maximum atomic E-state index is 6.02. The Morgan fingerprint density at radius 2 is 1.47 bits per heavy atom. The van der Waals surface area contributed by atoms with E-state index in [9.17, 15) is 0 Å². The molecule has 4 rings (SSSR count). The summed E-state index contributed by atoms with van der Waals surface area (Å²) in [5.41, 5.74) is 3.90. The Bertz CT molecular complexity index is 796. The first-order valence-electron chi connectivity index (χ1n) is 11.4. The van der Waals surface area contributed by atoms with E-state index in [1.54, 1.807) is 0 Å². The summed E-state index contributed by atoms with van der Waals surface area (Å²) < 4.78 is 12.0. The maximum absolute atomic E-state index is 6.02. The lowest BCUT2D eigenvalue weighted by Crippen LogP contribution is -2.38. The normalized spacial score (nSPS) is 27.4. The van der Waals surface area contributed by atoms with Crippen molar-refractivity contribution in [3.63, 3.8) is 0 Å². The molecule has 1 saturated heterocycles. The molecule has 0 radical (unpaired) electrons. The number of ether oxygens (including phenoxy) is 2. The number of rotatable bonds is 6. The number of hydrogen-bond donors (Lipinski definition) is 0. The van der Waals surface area contributed by atoms with Crippen LogP contribution in [0.4, 0.5) is 0 Å². The van der Waals surface area contributed by atoms with Crippen molar-refractivity contribution in [2.75, 3.05) is 13.2 Å².